The first-order valence-corrected chi connectivity index (χ1v) is 9.67. The van der Waals surface area contributed by atoms with Gasteiger partial charge >= 0.3 is 0 Å². The molecule has 0 aromatic carbocycles. The molecule has 0 amide bonds. The fourth-order valence-corrected chi connectivity index (χ4v) is 6.84. The van der Waals surface area contributed by atoms with Crippen molar-refractivity contribution >= 4 is 0 Å². The van der Waals surface area contributed by atoms with E-state index in [9.17, 15) is 10.2 Å². The van der Waals surface area contributed by atoms with Gasteiger partial charge in [0.25, 0.3) is 0 Å². The number of fused-ring (bicyclic) bond motifs is 5. The van der Waals surface area contributed by atoms with Crippen molar-refractivity contribution in [3.8, 4) is 0 Å². The van der Waals surface area contributed by atoms with Gasteiger partial charge in [0.15, 0.2) is 0 Å². The van der Waals surface area contributed by atoms with Crippen LogP contribution in [0.5, 0.6) is 0 Å². The summed E-state index contributed by atoms with van der Waals surface area (Å²) in [5.74, 6) is 1.65. The minimum atomic E-state index is -0.143. The molecule has 2 N–H and O–H groups in total. The van der Waals surface area contributed by atoms with Crippen molar-refractivity contribution < 1.29 is 10.2 Å². The van der Waals surface area contributed by atoms with E-state index in [2.05, 4.69) is 32.9 Å². The summed E-state index contributed by atoms with van der Waals surface area (Å²) in [4.78, 5) is 0. The van der Waals surface area contributed by atoms with Gasteiger partial charge in [-0.3, -0.25) is 0 Å². The summed E-state index contributed by atoms with van der Waals surface area (Å²) >= 11 is 0. The van der Waals surface area contributed by atoms with Crippen molar-refractivity contribution in [3.05, 3.63) is 23.3 Å². The van der Waals surface area contributed by atoms with E-state index in [1.165, 1.54) is 18.4 Å². The summed E-state index contributed by atoms with van der Waals surface area (Å²) in [6.07, 6.45) is 11.9. The molecule has 0 aliphatic heterocycles. The molecule has 4 rings (SSSR count). The molecule has 0 saturated heterocycles. The first-order valence-electron chi connectivity index (χ1n) is 9.67. The van der Waals surface area contributed by atoms with Crippen molar-refractivity contribution in [3.63, 3.8) is 0 Å². The molecule has 4 aliphatic carbocycles. The molecule has 3 saturated carbocycles. The van der Waals surface area contributed by atoms with E-state index in [1.54, 1.807) is 5.57 Å². The van der Waals surface area contributed by atoms with Crippen LogP contribution in [-0.4, -0.2) is 22.4 Å². The number of hydrogen-bond acceptors (Lipinski definition) is 2. The molecule has 4 aliphatic rings. The molecule has 0 bridgehead atoms. The Kier molecular flexibility index (Phi) is 3.59. The first kappa shape index (κ1) is 15.9. The standard InChI is InChI=1S/C21H32O2/c1-4-16-19(23)12-18-15-6-5-13-11-14(22)7-9-20(13,2)17(15)8-10-21(16,18)3/h5-6,14,16-19,22-23H,4,7-12H2,1-3H3/t14-,16-,17-,18-,19?,20-,21+/m0/s1. The van der Waals surface area contributed by atoms with Crippen LogP contribution < -0.4 is 0 Å². The van der Waals surface area contributed by atoms with Gasteiger partial charge in [-0.15, -0.1) is 0 Å². The maximum absolute atomic E-state index is 10.6. The van der Waals surface area contributed by atoms with Crippen molar-refractivity contribution in [1.29, 1.82) is 0 Å². The molecule has 3 fully saturated rings. The number of rotatable bonds is 1. The van der Waals surface area contributed by atoms with Crippen molar-refractivity contribution in [2.75, 3.05) is 0 Å². The van der Waals surface area contributed by atoms with E-state index in [-0.39, 0.29) is 23.0 Å². The van der Waals surface area contributed by atoms with E-state index in [0.29, 0.717) is 17.8 Å². The Morgan fingerprint density at radius 3 is 2.61 bits per heavy atom. The smallest absolute Gasteiger partial charge is 0.0579 e. The lowest BCUT2D eigenvalue weighted by Gasteiger charge is -2.54. The summed E-state index contributed by atoms with van der Waals surface area (Å²) in [6.45, 7) is 7.11. The van der Waals surface area contributed by atoms with Crippen LogP contribution in [0.3, 0.4) is 0 Å². The zero-order valence-electron chi connectivity index (χ0n) is 14.9. The van der Waals surface area contributed by atoms with E-state index < -0.39 is 0 Å². The topological polar surface area (TPSA) is 40.5 Å². The lowest BCUT2D eigenvalue weighted by molar-refractivity contribution is 0.0304. The highest BCUT2D eigenvalue weighted by Gasteiger charge is 2.58. The van der Waals surface area contributed by atoms with Gasteiger partial charge in [0, 0.05) is 0 Å². The van der Waals surface area contributed by atoms with Gasteiger partial charge in [-0.05, 0) is 67.1 Å². The van der Waals surface area contributed by atoms with E-state index in [4.69, 9.17) is 0 Å². The summed E-state index contributed by atoms with van der Waals surface area (Å²) < 4.78 is 0. The molecule has 23 heavy (non-hydrogen) atoms. The van der Waals surface area contributed by atoms with Gasteiger partial charge in [-0.2, -0.15) is 0 Å². The normalized spacial score (nSPS) is 52.1. The zero-order chi connectivity index (χ0) is 16.4. The van der Waals surface area contributed by atoms with Gasteiger partial charge < -0.3 is 10.2 Å². The summed E-state index contributed by atoms with van der Waals surface area (Å²) in [7, 11) is 0. The largest absolute Gasteiger partial charge is 0.393 e. The highest BCUT2D eigenvalue weighted by atomic mass is 16.3. The van der Waals surface area contributed by atoms with Crippen LogP contribution in [0.15, 0.2) is 23.3 Å². The molecule has 0 heterocycles. The average Bonchev–Trinajstić information content (AvgIpc) is 2.77. The minimum absolute atomic E-state index is 0.124. The minimum Gasteiger partial charge on any atom is -0.393 e. The Morgan fingerprint density at radius 1 is 1.09 bits per heavy atom. The van der Waals surface area contributed by atoms with Crippen LogP contribution in [0.25, 0.3) is 0 Å². The number of aliphatic hydroxyl groups excluding tert-OH is 2. The second-order valence-electron chi connectivity index (χ2n) is 9.14. The average molecular weight is 316 g/mol. The molecule has 7 atom stereocenters. The summed E-state index contributed by atoms with van der Waals surface area (Å²) in [5, 5.41) is 20.7. The van der Waals surface area contributed by atoms with Crippen LogP contribution >= 0.6 is 0 Å². The molecule has 1 unspecified atom stereocenters. The molecule has 2 heteroatoms. The molecule has 0 spiro atoms. The van der Waals surface area contributed by atoms with Gasteiger partial charge in [0.2, 0.25) is 0 Å². The monoisotopic (exact) mass is 316 g/mol. The predicted octanol–water partition coefficient (Wildman–Crippen LogP) is 4.23. The van der Waals surface area contributed by atoms with E-state index in [0.717, 1.165) is 32.1 Å². The van der Waals surface area contributed by atoms with Crippen LogP contribution in [-0.2, 0) is 0 Å². The Bertz CT molecular complexity index is 562. The fourth-order valence-electron chi connectivity index (χ4n) is 6.84. The molecular weight excluding hydrogens is 284 g/mol. The highest BCUT2D eigenvalue weighted by molar-refractivity contribution is 5.39. The fraction of sp³-hybridized carbons (Fsp3) is 0.810. The SMILES string of the molecule is CC[C@H]1C(O)C[C@H]2C3=CC=C4C[C@@H](O)CC[C@]4(C)[C@H]3CC[C@@]21C. The molecule has 128 valence electrons. The van der Waals surface area contributed by atoms with Crippen molar-refractivity contribution in [1.82, 2.24) is 0 Å². The maximum atomic E-state index is 10.6. The summed E-state index contributed by atoms with van der Waals surface area (Å²) in [6, 6.07) is 0. The molecule has 0 aromatic heterocycles. The second kappa shape index (κ2) is 5.20. The van der Waals surface area contributed by atoms with Crippen molar-refractivity contribution in [2.24, 2.45) is 28.6 Å². The lowest BCUT2D eigenvalue weighted by Crippen LogP contribution is -2.46. The van der Waals surface area contributed by atoms with Crippen LogP contribution in [0.1, 0.15) is 65.7 Å². The predicted molar refractivity (Wildman–Crippen MR) is 92.9 cm³/mol. The Balaban J connectivity index is 1.73. The molecular formula is C21H32O2. The third-order valence-corrected chi connectivity index (χ3v) is 8.23. The Labute approximate surface area is 140 Å². The van der Waals surface area contributed by atoms with Crippen molar-refractivity contribution in [2.45, 2.75) is 77.9 Å². The molecule has 0 radical (unpaired) electrons. The quantitative estimate of drug-likeness (QED) is 0.760. The molecule has 0 aromatic rings. The summed E-state index contributed by atoms with van der Waals surface area (Å²) in [5.41, 5.74) is 3.63. The highest BCUT2D eigenvalue weighted by Crippen LogP contribution is 2.65. The number of allylic oxidation sites excluding steroid dienone is 3. The Morgan fingerprint density at radius 2 is 1.87 bits per heavy atom. The van der Waals surface area contributed by atoms with Crippen LogP contribution in [0, 0.1) is 28.6 Å². The van der Waals surface area contributed by atoms with Gasteiger partial charge in [0.1, 0.15) is 0 Å². The third-order valence-electron chi connectivity index (χ3n) is 8.23. The van der Waals surface area contributed by atoms with E-state index >= 15 is 0 Å². The molecule has 2 nitrogen and oxygen atoms in total. The Hall–Kier alpha value is -0.600. The lowest BCUT2D eigenvalue weighted by atomic mass is 9.50. The van der Waals surface area contributed by atoms with Gasteiger partial charge in [0.05, 0.1) is 12.2 Å². The first-order chi connectivity index (χ1) is 10.9. The van der Waals surface area contributed by atoms with Crippen LogP contribution in [0.2, 0.25) is 0 Å². The second-order valence-corrected chi connectivity index (χ2v) is 9.14. The van der Waals surface area contributed by atoms with Crippen LogP contribution in [0.4, 0.5) is 0 Å². The van der Waals surface area contributed by atoms with Gasteiger partial charge in [-0.25, -0.2) is 0 Å². The van der Waals surface area contributed by atoms with Gasteiger partial charge in [-0.1, -0.05) is 50.5 Å². The zero-order valence-corrected chi connectivity index (χ0v) is 14.9. The number of aliphatic hydroxyl groups is 2. The third kappa shape index (κ3) is 2.07. The maximum Gasteiger partial charge on any atom is 0.0579 e. The number of hydrogen-bond donors (Lipinski definition) is 2. The van der Waals surface area contributed by atoms with E-state index in [1.807, 2.05) is 0 Å².